The molecule has 1 rings (SSSR count). The number of pyridine rings is 1. The fraction of sp³-hybridized carbons (Fsp3) is 0.583. The van der Waals surface area contributed by atoms with Crippen LogP contribution in [-0.4, -0.2) is 30.8 Å². The Bertz CT molecular complexity index is 303. The van der Waals surface area contributed by atoms with Gasteiger partial charge in [0, 0.05) is 24.7 Å². The molecule has 1 heterocycles. The molecule has 4 heteroatoms. The van der Waals surface area contributed by atoms with Gasteiger partial charge in [0.1, 0.15) is 6.61 Å². The molecule has 0 aliphatic heterocycles. The van der Waals surface area contributed by atoms with Gasteiger partial charge in [0.15, 0.2) is 0 Å². The van der Waals surface area contributed by atoms with Crippen molar-refractivity contribution in [3.05, 3.63) is 18.2 Å². The Morgan fingerprint density at radius 1 is 1.25 bits per heavy atom. The summed E-state index contributed by atoms with van der Waals surface area (Å²) in [4.78, 5) is 4.21. The van der Waals surface area contributed by atoms with Crippen molar-refractivity contribution >= 4 is 0 Å². The normalized spacial score (nSPS) is 10.5. The third kappa shape index (κ3) is 4.98. The van der Waals surface area contributed by atoms with Crippen molar-refractivity contribution < 1.29 is 9.47 Å². The molecule has 0 saturated carbocycles. The lowest BCUT2D eigenvalue weighted by atomic mass is 10.4. The Hall–Kier alpha value is -1.29. The number of aromatic nitrogens is 1. The maximum atomic E-state index is 5.49. The van der Waals surface area contributed by atoms with Crippen LogP contribution in [-0.2, 0) is 0 Å². The zero-order chi connectivity index (χ0) is 11.8. The standard InChI is InChI=1S/C12H20N2O2/c1-4-15-11-6-5-7-12(14-11)16-9-8-13-10(2)3/h5-7,10,13H,4,8-9H2,1-3H3. The van der Waals surface area contributed by atoms with Crippen molar-refractivity contribution in [1.82, 2.24) is 10.3 Å². The van der Waals surface area contributed by atoms with E-state index in [4.69, 9.17) is 9.47 Å². The van der Waals surface area contributed by atoms with Gasteiger partial charge in [-0.25, -0.2) is 0 Å². The van der Waals surface area contributed by atoms with Crippen LogP contribution in [0.5, 0.6) is 11.8 Å². The molecule has 0 amide bonds. The summed E-state index contributed by atoms with van der Waals surface area (Å²) in [6.45, 7) is 8.19. The molecule has 0 saturated heterocycles. The van der Waals surface area contributed by atoms with Crippen LogP contribution in [0.4, 0.5) is 0 Å². The van der Waals surface area contributed by atoms with Crippen LogP contribution in [0, 0.1) is 0 Å². The number of nitrogens with one attached hydrogen (secondary N) is 1. The lowest BCUT2D eigenvalue weighted by Gasteiger charge is -2.09. The Morgan fingerprint density at radius 3 is 2.56 bits per heavy atom. The second-order valence-electron chi connectivity index (χ2n) is 3.70. The molecule has 1 aromatic rings. The SMILES string of the molecule is CCOc1cccc(OCCNC(C)C)n1. The predicted octanol–water partition coefficient (Wildman–Crippen LogP) is 1.86. The molecule has 0 aromatic carbocycles. The van der Waals surface area contributed by atoms with Crippen molar-refractivity contribution in [2.24, 2.45) is 0 Å². The molecule has 90 valence electrons. The third-order valence-corrected chi connectivity index (χ3v) is 1.89. The molecule has 0 aliphatic carbocycles. The van der Waals surface area contributed by atoms with E-state index in [-0.39, 0.29) is 0 Å². The van der Waals surface area contributed by atoms with Crippen molar-refractivity contribution in [3.8, 4) is 11.8 Å². The lowest BCUT2D eigenvalue weighted by molar-refractivity contribution is 0.283. The first-order valence-corrected chi connectivity index (χ1v) is 5.68. The van der Waals surface area contributed by atoms with Gasteiger partial charge >= 0.3 is 0 Å². The van der Waals surface area contributed by atoms with E-state index in [1.807, 2.05) is 25.1 Å². The molecule has 0 fully saturated rings. The first kappa shape index (κ1) is 12.8. The summed E-state index contributed by atoms with van der Waals surface area (Å²) in [7, 11) is 0. The van der Waals surface area contributed by atoms with Gasteiger partial charge in [0.05, 0.1) is 6.61 Å². The highest BCUT2D eigenvalue weighted by Crippen LogP contribution is 2.12. The summed E-state index contributed by atoms with van der Waals surface area (Å²) in [5, 5.41) is 3.27. The molecule has 1 aromatic heterocycles. The van der Waals surface area contributed by atoms with Gasteiger partial charge < -0.3 is 14.8 Å². The van der Waals surface area contributed by atoms with E-state index in [0.29, 0.717) is 31.0 Å². The van der Waals surface area contributed by atoms with Gasteiger partial charge in [-0.05, 0) is 6.92 Å². The highest BCUT2D eigenvalue weighted by molar-refractivity contribution is 5.19. The molecule has 4 nitrogen and oxygen atoms in total. The van der Waals surface area contributed by atoms with Crippen LogP contribution in [0.2, 0.25) is 0 Å². The van der Waals surface area contributed by atoms with Gasteiger partial charge in [-0.1, -0.05) is 19.9 Å². The van der Waals surface area contributed by atoms with Crippen molar-refractivity contribution in [1.29, 1.82) is 0 Å². The van der Waals surface area contributed by atoms with Crippen molar-refractivity contribution in [2.75, 3.05) is 19.8 Å². The van der Waals surface area contributed by atoms with Crippen LogP contribution in [0.25, 0.3) is 0 Å². The molecule has 16 heavy (non-hydrogen) atoms. The van der Waals surface area contributed by atoms with E-state index >= 15 is 0 Å². The van der Waals surface area contributed by atoms with E-state index in [9.17, 15) is 0 Å². The second-order valence-corrected chi connectivity index (χ2v) is 3.70. The quantitative estimate of drug-likeness (QED) is 0.718. The maximum Gasteiger partial charge on any atom is 0.216 e. The number of hydrogen-bond donors (Lipinski definition) is 1. The highest BCUT2D eigenvalue weighted by atomic mass is 16.5. The summed E-state index contributed by atoms with van der Waals surface area (Å²) in [6.07, 6.45) is 0. The number of nitrogens with zero attached hydrogens (tertiary/aromatic N) is 1. The van der Waals surface area contributed by atoms with Gasteiger partial charge in [0.2, 0.25) is 11.8 Å². The van der Waals surface area contributed by atoms with Crippen molar-refractivity contribution in [2.45, 2.75) is 26.8 Å². The molecule has 0 bridgehead atoms. The Labute approximate surface area is 97.0 Å². The summed E-state index contributed by atoms with van der Waals surface area (Å²) in [6, 6.07) is 6.01. The zero-order valence-corrected chi connectivity index (χ0v) is 10.2. The Balaban J connectivity index is 2.33. The van der Waals surface area contributed by atoms with Gasteiger partial charge in [-0.3, -0.25) is 0 Å². The number of ether oxygens (including phenoxy) is 2. The lowest BCUT2D eigenvalue weighted by Crippen LogP contribution is -2.27. The highest BCUT2D eigenvalue weighted by Gasteiger charge is 1.99. The van der Waals surface area contributed by atoms with Crippen LogP contribution in [0.15, 0.2) is 18.2 Å². The maximum absolute atomic E-state index is 5.49. The first-order valence-electron chi connectivity index (χ1n) is 5.68. The fourth-order valence-corrected chi connectivity index (χ4v) is 1.21. The molecule has 0 aliphatic rings. The largest absolute Gasteiger partial charge is 0.478 e. The molecule has 0 atom stereocenters. The predicted molar refractivity (Wildman–Crippen MR) is 64.0 cm³/mol. The minimum atomic E-state index is 0.478. The van der Waals surface area contributed by atoms with Gasteiger partial charge in [-0.15, -0.1) is 0 Å². The number of hydrogen-bond acceptors (Lipinski definition) is 4. The smallest absolute Gasteiger partial charge is 0.216 e. The van der Waals surface area contributed by atoms with Crippen LogP contribution in [0.1, 0.15) is 20.8 Å². The monoisotopic (exact) mass is 224 g/mol. The van der Waals surface area contributed by atoms with Gasteiger partial charge in [0.25, 0.3) is 0 Å². The van der Waals surface area contributed by atoms with Crippen LogP contribution in [0.3, 0.4) is 0 Å². The molecule has 1 N–H and O–H groups in total. The number of rotatable bonds is 7. The molecule has 0 unspecified atom stereocenters. The van der Waals surface area contributed by atoms with E-state index in [1.54, 1.807) is 0 Å². The van der Waals surface area contributed by atoms with Crippen LogP contribution >= 0.6 is 0 Å². The minimum Gasteiger partial charge on any atom is -0.478 e. The fourth-order valence-electron chi connectivity index (χ4n) is 1.21. The Morgan fingerprint density at radius 2 is 1.94 bits per heavy atom. The first-order chi connectivity index (χ1) is 7.72. The average molecular weight is 224 g/mol. The Kier molecular flexibility index (Phi) is 5.64. The molecular formula is C12H20N2O2. The zero-order valence-electron chi connectivity index (χ0n) is 10.2. The summed E-state index contributed by atoms with van der Waals surface area (Å²) < 4.78 is 10.8. The van der Waals surface area contributed by atoms with Crippen LogP contribution < -0.4 is 14.8 Å². The average Bonchev–Trinajstić information content (AvgIpc) is 2.25. The van der Waals surface area contributed by atoms with Crippen molar-refractivity contribution in [3.63, 3.8) is 0 Å². The van der Waals surface area contributed by atoms with E-state index in [1.165, 1.54) is 0 Å². The van der Waals surface area contributed by atoms with E-state index in [0.717, 1.165) is 6.54 Å². The topological polar surface area (TPSA) is 43.4 Å². The molecule has 0 spiro atoms. The molecule has 0 radical (unpaired) electrons. The summed E-state index contributed by atoms with van der Waals surface area (Å²) in [5.74, 6) is 1.22. The molecular weight excluding hydrogens is 204 g/mol. The minimum absolute atomic E-state index is 0.478. The third-order valence-electron chi connectivity index (χ3n) is 1.89. The second kappa shape index (κ2) is 7.06. The summed E-state index contributed by atoms with van der Waals surface area (Å²) >= 11 is 0. The van der Waals surface area contributed by atoms with E-state index in [2.05, 4.69) is 24.1 Å². The van der Waals surface area contributed by atoms with Gasteiger partial charge in [-0.2, -0.15) is 4.98 Å². The summed E-state index contributed by atoms with van der Waals surface area (Å²) in [5.41, 5.74) is 0. The van der Waals surface area contributed by atoms with E-state index < -0.39 is 0 Å².